The highest BCUT2D eigenvalue weighted by Gasteiger charge is 2.11. The monoisotopic (exact) mass is 322 g/mol. The van der Waals surface area contributed by atoms with Crippen molar-refractivity contribution < 1.29 is 4.79 Å². The molecule has 1 rings (SSSR count). The van der Waals surface area contributed by atoms with Gasteiger partial charge >= 0.3 is 0 Å². The molecule has 1 atom stereocenters. The maximum absolute atomic E-state index is 11.7. The van der Waals surface area contributed by atoms with Crippen LogP contribution in [0.15, 0.2) is 0 Å². The van der Waals surface area contributed by atoms with Crippen LogP contribution < -0.4 is 0 Å². The summed E-state index contributed by atoms with van der Waals surface area (Å²) in [5, 5.41) is 0. The number of hydrogen-bond donors (Lipinski definition) is 0. The first kappa shape index (κ1) is 20.7. The number of ketones is 1. The third-order valence-corrected chi connectivity index (χ3v) is 5.60. The van der Waals surface area contributed by atoms with E-state index >= 15 is 0 Å². The fourth-order valence-electron chi connectivity index (χ4n) is 3.99. The van der Waals surface area contributed by atoms with Crippen molar-refractivity contribution in [1.82, 2.24) is 0 Å². The third kappa shape index (κ3) is 12.7. The van der Waals surface area contributed by atoms with Crippen molar-refractivity contribution in [2.75, 3.05) is 0 Å². The Labute approximate surface area is 146 Å². The molecule has 0 saturated heterocycles. The molecule has 1 heteroatoms. The lowest BCUT2D eigenvalue weighted by atomic mass is 9.88. The second-order valence-corrected chi connectivity index (χ2v) is 7.87. The molecule has 1 unspecified atom stereocenters. The molecule has 0 aromatic rings. The molecule has 0 heterocycles. The minimum atomic E-state index is 0.519. The van der Waals surface area contributed by atoms with Crippen LogP contribution in [-0.4, -0.2) is 5.78 Å². The van der Waals surface area contributed by atoms with Gasteiger partial charge in [0.25, 0.3) is 0 Å². The van der Waals surface area contributed by atoms with E-state index in [9.17, 15) is 4.79 Å². The highest BCUT2D eigenvalue weighted by atomic mass is 16.1. The van der Waals surface area contributed by atoms with Crippen molar-refractivity contribution >= 4 is 5.78 Å². The Morgan fingerprint density at radius 2 is 1.22 bits per heavy atom. The van der Waals surface area contributed by atoms with Gasteiger partial charge in [0.1, 0.15) is 5.78 Å². The molecular weight excluding hydrogens is 280 g/mol. The van der Waals surface area contributed by atoms with Crippen LogP contribution >= 0.6 is 0 Å². The van der Waals surface area contributed by atoms with Crippen LogP contribution in [0.25, 0.3) is 0 Å². The summed E-state index contributed by atoms with van der Waals surface area (Å²) in [4.78, 5) is 11.7. The van der Waals surface area contributed by atoms with E-state index < -0.39 is 0 Å². The molecule has 0 aromatic heterocycles. The number of rotatable bonds is 9. The van der Waals surface area contributed by atoms with Crippen molar-refractivity contribution in [2.24, 2.45) is 5.92 Å². The van der Waals surface area contributed by atoms with Gasteiger partial charge < -0.3 is 0 Å². The van der Waals surface area contributed by atoms with Crippen LogP contribution in [0.2, 0.25) is 0 Å². The smallest absolute Gasteiger partial charge is 0.132 e. The molecule has 1 aliphatic carbocycles. The summed E-state index contributed by atoms with van der Waals surface area (Å²) in [6, 6.07) is 0. The number of unbranched alkanes of at least 4 members (excludes halogenated alkanes) is 7. The Bertz CT molecular complexity index is 271. The van der Waals surface area contributed by atoms with E-state index in [4.69, 9.17) is 0 Å². The summed E-state index contributed by atoms with van der Waals surface area (Å²) >= 11 is 0. The summed E-state index contributed by atoms with van der Waals surface area (Å²) in [7, 11) is 0. The zero-order valence-corrected chi connectivity index (χ0v) is 15.9. The summed E-state index contributed by atoms with van der Waals surface area (Å²) in [5.74, 6) is 1.47. The number of carbonyl (C=O) groups is 1. The predicted octanol–water partition coefficient (Wildman–Crippen LogP) is 7.62. The molecule has 136 valence electrons. The Balaban J connectivity index is 2.08. The fraction of sp³-hybridized carbons (Fsp3) is 0.955. The van der Waals surface area contributed by atoms with Crippen LogP contribution in [0.3, 0.4) is 0 Å². The minimum Gasteiger partial charge on any atom is -0.300 e. The second kappa shape index (κ2) is 15.2. The van der Waals surface area contributed by atoms with Gasteiger partial charge in [0.05, 0.1) is 0 Å². The standard InChI is InChI=1S/C22H42O/c1-2-3-4-5-6-7-8-11-16-21-17-12-9-10-13-19-22(23)20-15-14-18-21/h21H,2-20H2,1H3. The SMILES string of the molecule is CCCCCCCCCCC1CCCCCCC(=O)CCCC1. The van der Waals surface area contributed by atoms with Gasteiger partial charge in [0.2, 0.25) is 0 Å². The first-order valence-electron chi connectivity index (χ1n) is 10.8. The van der Waals surface area contributed by atoms with Crippen LogP contribution in [-0.2, 0) is 4.79 Å². The van der Waals surface area contributed by atoms with Crippen LogP contribution in [0, 0.1) is 5.92 Å². The molecule has 0 amide bonds. The van der Waals surface area contributed by atoms with E-state index in [1.165, 1.54) is 96.3 Å². The largest absolute Gasteiger partial charge is 0.300 e. The van der Waals surface area contributed by atoms with E-state index in [-0.39, 0.29) is 0 Å². The molecular formula is C22H42O. The van der Waals surface area contributed by atoms with Crippen LogP contribution in [0.5, 0.6) is 0 Å². The van der Waals surface area contributed by atoms with E-state index in [1.807, 2.05) is 0 Å². The van der Waals surface area contributed by atoms with Gasteiger partial charge in [-0.1, -0.05) is 103 Å². The summed E-state index contributed by atoms with van der Waals surface area (Å²) < 4.78 is 0. The molecule has 0 N–H and O–H groups in total. The molecule has 0 aliphatic heterocycles. The van der Waals surface area contributed by atoms with Crippen LogP contribution in [0.1, 0.15) is 129 Å². The zero-order chi connectivity index (χ0) is 16.6. The maximum atomic E-state index is 11.7. The normalized spacial score (nSPS) is 21.6. The predicted molar refractivity (Wildman–Crippen MR) is 102 cm³/mol. The molecule has 1 aliphatic rings. The number of Topliss-reactive ketones (excluding diaryl/α,β-unsaturated/α-hetero) is 1. The lowest BCUT2D eigenvalue weighted by molar-refractivity contribution is -0.119. The quantitative estimate of drug-likeness (QED) is 0.399. The second-order valence-electron chi connectivity index (χ2n) is 7.87. The van der Waals surface area contributed by atoms with E-state index in [0.29, 0.717) is 5.78 Å². The summed E-state index contributed by atoms with van der Waals surface area (Å²) in [6.07, 6.45) is 25.0. The molecule has 0 bridgehead atoms. The Kier molecular flexibility index (Phi) is 13.7. The van der Waals surface area contributed by atoms with Crippen molar-refractivity contribution in [3.8, 4) is 0 Å². The lowest BCUT2D eigenvalue weighted by Gasteiger charge is -2.17. The zero-order valence-electron chi connectivity index (χ0n) is 15.9. The van der Waals surface area contributed by atoms with E-state index in [0.717, 1.165) is 31.6 Å². The Hall–Kier alpha value is -0.330. The molecule has 0 spiro atoms. The minimum absolute atomic E-state index is 0.519. The first-order chi connectivity index (χ1) is 11.3. The van der Waals surface area contributed by atoms with Crippen molar-refractivity contribution in [3.63, 3.8) is 0 Å². The first-order valence-corrected chi connectivity index (χ1v) is 10.8. The molecule has 0 aromatic carbocycles. The van der Waals surface area contributed by atoms with Crippen molar-refractivity contribution in [1.29, 1.82) is 0 Å². The number of hydrogen-bond acceptors (Lipinski definition) is 1. The van der Waals surface area contributed by atoms with Crippen molar-refractivity contribution in [2.45, 2.75) is 129 Å². The van der Waals surface area contributed by atoms with Crippen LogP contribution in [0.4, 0.5) is 0 Å². The van der Waals surface area contributed by atoms with E-state index in [2.05, 4.69) is 6.92 Å². The summed E-state index contributed by atoms with van der Waals surface area (Å²) in [5.41, 5.74) is 0. The van der Waals surface area contributed by atoms with Gasteiger partial charge in [0, 0.05) is 12.8 Å². The average molecular weight is 323 g/mol. The van der Waals surface area contributed by atoms with Gasteiger partial charge in [-0.05, 0) is 18.8 Å². The molecule has 1 fully saturated rings. The topological polar surface area (TPSA) is 17.1 Å². The number of carbonyl (C=O) groups excluding carboxylic acids is 1. The molecule has 0 radical (unpaired) electrons. The van der Waals surface area contributed by atoms with Gasteiger partial charge in [-0.15, -0.1) is 0 Å². The average Bonchev–Trinajstić information content (AvgIpc) is 2.54. The molecule has 1 saturated carbocycles. The van der Waals surface area contributed by atoms with Gasteiger partial charge in [0.15, 0.2) is 0 Å². The fourth-order valence-corrected chi connectivity index (χ4v) is 3.99. The van der Waals surface area contributed by atoms with E-state index in [1.54, 1.807) is 0 Å². The summed E-state index contributed by atoms with van der Waals surface area (Å²) in [6.45, 7) is 2.29. The third-order valence-electron chi connectivity index (χ3n) is 5.60. The Morgan fingerprint density at radius 3 is 1.91 bits per heavy atom. The maximum Gasteiger partial charge on any atom is 0.132 e. The molecule has 23 heavy (non-hydrogen) atoms. The highest BCUT2D eigenvalue weighted by Crippen LogP contribution is 2.25. The van der Waals surface area contributed by atoms with Crippen molar-refractivity contribution in [3.05, 3.63) is 0 Å². The lowest BCUT2D eigenvalue weighted by Crippen LogP contribution is -2.04. The highest BCUT2D eigenvalue weighted by molar-refractivity contribution is 5.78. The Morgan fingerprint density at radius 1 is 0.696 bits per heavy atom. The van der Waals surface area contributed by atoms with Gasteiger partial charge in [-0.25, -0.2) is 0 Å². The van der Waals surface area contributed by atoms with Gasteiger partial charge in [-0.2, -0.15) is 0 Å². The van der Waals surface area contributed by atoms with Gasteiger partial charge in [-0.3, -0.25) is 4.79 Å². The molecule has 1 nitrogen and oxygen atoms in total.